The summed E-state index contributed by atoms with van der Waals surface area (Å²) in [4.78, 5) is 11.6. The SMILES string of the molecule is CCC(=O)c1ccc(NCc2cn(C)nc2CC)cc1. The third-order valence-corrected chi connectivity index (χ3v) is 3.34. The van der Waals surface area contributed by atoms with Crippen molar-refractivity contribution in [2.45, 2.75) is 33.2 Å². The van der Waals surface area contributed by atoms with E-state index in [0.29, 0.717) is 6.42 Å². The van der Waals surface area contributed by atoms with Crippen LogP contribution >= 0.6 is 0 Å². The molecule has 2 rings (SSSR count). The molecule has 0 saturated heterocycles. The van der Waals surface area contributed by atoms with Crippen molar-refractivity contribution in [1.29, 1.82) is 0 Å². The zero-order chi connectivity index (χ0) is 14.5. The molecular formula is C16H21N3O. The Hall–Kier alpha value is -2.10. The molecule has 0 atom stereocenters. The van der Waals surface area contributed by atoms with Crippen LogP contribution in [0.5, 0.6) is 0 Å². The van der Waals surface area contributed by atoms with Gasteiger partial charge in [-0.05, 0) is 30.7 Å². The van der Waals surface area contributed by atoms with Crippen LogP contribution in [0, 0.1) is 0 Å². The number of Topliss-reactive ketones (excluding diaryl/α,β-unsaturated/α-hetero) is 1. The molecule has 2 aromatic rings. The molecule has 0 bridgehead atoms. The maximum Gasteiger partial charge on any atom is 0.162 e. The minimum Gasteiger partial charge on any atom is -0.381 e. The van der Waals surface area contributed by atoms with Crippen LogP contribution in [-0.2, 0) is 20.0 Å². The van der Waals surface area contributed by atoms with Gasteiger partial charge in [-0.3, -0.25) is 9.48 Å². The van der Waals surface area contributed by atoms with Crippen molar-refractivity contribution in [3.05, 3.63) is 47.3 Å². The third kappa shape index (κ3) is 3.26. The van der Waals surface area contributed by atoms with Gasteiger partial charge in [0.15, 0.2) is 5.78 Å². The first-order chi connectivity index (χ1) is 9.63. The van der Waals surface area contributed by atoms with Gasteiger partial charge in [0.2, 0.25) is 0 Å². The summed E-state index contributed by atoms with van der Waals surface area (Å²) in [5, 5.41) is 7.79. The van der Waals surface area contributed by atoms with Crippen molar-refractivity contribution in [3.63, 3.8) is 0 Å². The highest BCUT2D eigenvalue weighted by Crippen LogP contribution is 2.14. The molecule has 1 N–H and O–H groups in total. The normalized spacial score (nSPS) is 10.6. The summed E-state index contributed by atoms with van der Waals surface area (Å²) < 4.78 is 1.85. The van der Waals surface area contributed by atoms with Gasteiger partial charge in [0.05, 0.1) is 5.69 Å². The minimum absolute atomic E-state index is 0.178. The van der Waals surface area contributed by atoms with Gasteiger partial charge in [-0.1, -0.05) is 13.8 Å². The van der Waals surface area contributed by atoms with Crippen LogP contribution in [0.2, 0.25) is 0 Å². The van der Waals surface area contributed by atoms with Crippen molar-refractivity contribution in [2.75, 3.05) is 5.32 Å². The van der Waals surface area contributed by atoms with E-state index in [9.17, 15) is 4.79 Å². The number of rotatable bonds is 6. The van der Waals surface area contributed by atoms with Gasteiger partial charge in [-0.15, -0.1) is 0 Å². The van der Waals surface area contributed by atoms with Crippen LogP contribution in [0.3, 0.4) is 0 Å². The number of ketones is 1. The molecule has 1 heterocycles. The smallest absolute Gasteiger partial charge is 0.162 e. The molecule has 0 spiro atoms. The monoisotopic (exact) mass is 271 g/mol. The van der Waals surface area contributed by atoms with Crippen LogP contribution in [0.1, 0.15) is 41.9 Å². The molecule has 4 heteroatoms. The summed E-state index contributed by atoms with van der Waals surface area (Å²) in [5.74, 6) is 0.178. The summed E-state index contributed by atoms with van der Waals surface area (Å²) in [7, 11) is 1.94. The van der Waals surface area contributed by atoms with Gasteiger partial charge >= 0.3 is 0 Å². The second kappa shape index (κ2) is 6.37. The van der Waals surface area contributed by atoms with E-state index < -0.39 is 0 Å². The molecule has 0 unspecified atom stereocenters. The Kier molecular flexibility index (Phi) is 4.56. The number of benzene rings is 1. The lowest BCUT2D eigenvalue weighted by molar-refractivity contribution is 0.0988. The first kappa shape index (κ1) is 14.3. The van der Waals surface area contributed by atoms with Gasteiger partial charge in [0.1, 0.15) is 0 Å². The number of carbonyl (C=O) groups excluding carboxylic acids is 1. The summed E-state index contributed by atoms with van der Waals surface area (Å²) >= 11 is 0. The van der Waals surface area contributed by atoms with E-state index in [1.807, 2.05) is 49.1 Å². The van der Waals surface area contributed by atoms with Gasteiger partial charge in [0.25, 0.3) is 0 Å². The fourth-order valence-electron chi connectivity index (χ4n) is 2.20. The standard InChI is InChI=1S/C16H21N3O/c1-4-15-13(11-19(3)18-15)10-17-14-8-6-12(7-9-14)16(20)5-2/h6-9,11,17H,4-5,10H2,1-3H3. The van der Waals surface area contributed by atoms with Crippen LogP contribution in [-0.4, -0.2) is 15.6 Å². The highest BCUT2D eigenvalue weighted by atomic mass is 16.1. The molecular weight excluding hydrogens is 250 g/mol. The molecule has 0 amide bonds. The number of anilines is 1. The van der Waals surface area contributed by atoms with E-state index in [2.05, 4.69) is 17.3 Å². The molecule has 0 aliphatic rings. The largest absolute Gasteiger partial charge is 0.381 e. The molecule has 0 aliphatic carbocycles. The number of aromatic nitrogens is 2. The first-order valence-electron chi connectivity index (χ1n) is 7.02. The minimum atomic E-state index is 0.178. The van der Waals surface area contributed by atoms with E-state index in [0.717, 1.165) is 29.9 Å². The van der Waals surface area contributed by atoms with Crippen molar-refractivity contribution in [2.24, 2.45) is 7.05 Å². The fraction of sp³-hybridized carbons (Fsp3) is 0.375. The molecule has 0 radical (unpaired) electrons. The van der Waals surface area contributed by atoms with Crippen molar-refractivity contribution < 1.29 is 4.79 Å². The van der Waals surface area contributed by atoms with Gasteiger partial charge in [0, 0.05) is 43.0 Å². The van der Waals surface area contributed by atoms with Crippen LogP contribution in [0.25, 0.3) is 0 Å². The quantitative estimate of drug-likeness (QED) is 0.821. The van der Waals surface area contributed by atoms with E-state index in [1.54, 1.807) is 0 Å². The Labute approximate surface area is 119 Å². The number of hydrogen-bond donors (Lipinski definition) is 1. The number of hydrogen-bond acceptors (Lipinski definition) is 3. The van der Waals surface area contributed by atoms with E-state index >= 15 is 0 Å². The number of nitrogens with one attached hydrogen (secondary N) is 1. The molecule has 0 saturated carbocycles. The Bertz CT molecular complexity index is 584. The van der Waals surface area contributed by atoms with E-state index in [4.69, 9.17) is 0 Å². The average molecular weight is 271 g/mol. The Morgan fingerprint density at radius 3 is 2.55 bits per heavy atom. The second-order valence-corrected chi connectivity index (χ2v) is 4.84. The summed E-state index contributed by atoms with van der Waals surface area (Å²) in [5.41, 5.74) is 4.12. The second-order valence-electron chi connectivity index (χ2n) is 4.84. The van der Waals surface area contributed by atoms with Gasteiger partial charge in [-0.2, -0.15) is 5.10 Å². The van der Waals surface area contributed by atoms with Crippen LogP contribution in [0.15, 0.2) is 30.5 Å². The molecule has 4 nitrogen and oxygen atoms in total. The summed E-state index contributed by atoms with van der Waals surface area (Å²) in [6.45, 7) is 4.73. The highest BCUT2D eigenvalue weighted by molar-refractivity contribution is 5.96. The van der Waals surface area contributed by atoms with Crippen molar-refractivity contribution in [3.8, 4) is 0 Å². The first-order valence-corrected chi connectivity index (χ1v) is 7.02. The van der Waals surface area contributed by atoms with Gasteiger partial charge < -0.3 is 5.32 Å². The van der Waals surface area contributed by atoms with E-state index in [-0.39, 0.29) is 5.78 Å². The lowest BCUT2D eigenvalue weighted by atomic mass is 10.1. The predicted octanol–water partition coefficient (Wildman–Crippen LogP) is 3.19. The maximum absolute atomic E-state index is 11.6. The molecule has 1 aromatic heterocycles. The fourth-order valence-corrected chi connectivity index (χ4v) is 2.20. The molecule has 0 aliphatic heterocycles. The number of nitrogens with zero attached hydrogens (tertiary/aromatic N) is 2. The lowest BCUT2D eigenvalue weighted by Gasteiger charge is -2.07. The van der Waals surface area contributed by atoms with Crippen LogP contribution < -0.4 is 5.32 Å². The third-order valence-electron chi connectivity index (χ3n) is 3.34. The average Bonchev–Trinajstić information content (AvgIpc) is 2.85. The number of carbonyl (C=O) groups is 1. The molecule has 0 fully saturated rings. The van der Waals surface area contributed by atoms with Crippen molar-refractivity contribution in [1.82, 2.24) is 9.78 Å². The van der Waals surface area contributed by atoms with Crippen molar-refractivity contribution >= 4 is 11.5 Å². The summed E-state index contributed by atoms with van der Waals surface area (Å²) in [6.07, 6.45) is 3.52. The number of aryl methyl sites for hydroxylation is 2. The Morgan fingerprint density at radius 2 is 1.95 bits per heavy atom. The van der Waals surface area contributed by atoms with Gasteiger partial charge in [-0.25, -0.2) is 0 Å². The Morgan fingerprint density at radius 1 is 1.25 bits per heavy atom. The van der Waals surface area contributed by atoms with Crippen LogP contribution in [0.4, 0.5) is 5.69 Å². The zero-order valence-electron chi connectivity index (χ0n) is 12.3. The maximum atomic E-state index is 11.6. The highest BCUT2D eigenvalue weighted by Gasteiger charge is 2.06. The predicted molar refractivity (Wildman–Crippen MR) is 81.0 cm³/mol. The molecule has 1 aromatic carbocycles. The van der Waals surface area contributed by atoms with E-state index in [1.165, 1.54) is 5.56 Å². The lowest BCUT2D eigenvalue weighted by Crippen LogP contribution is -2.02. The molecule has 20 heavy (non-hydrogen) atoms. The zero-order valence-corrected chi connectivity index (χ0v) is 12.3. The topological polar surface area (TPSA) is 46.9 Å². The molecule has 106 valence electrons. The summed E-state index contributed by atoms with van der Waals surface area (Å²) in [6, 6.07) is 7.64. The Balaban J connectivity index is 2.02.